The summed E-state index contributed by atoms with van der Waals surface area (Å²) in [6, 6.07) is 0.454. The fraction of sp³-hybridized carbons (Fsp3) is 1.00. The Balaban J connectivity index is 2.50. The zero-order valence-corrected chi connectivity index (χ0v) is 10.8. The minimum Gasteiger partial charge on any atom is -0.327 e. The van der Waals surface area contributed by atoms with E-state index in [1.54, 1.807) is 0 Å². The van der Waals surface area contributed by atoms with E-state index in [2.05, 4.69) is 20.8 Å². The van der Waals surface area contributed by atoms with Gasteiger partial charge in [-0.15, -0.1) is 0 Å². The van der Waals surface area contributed by atoms with E-state index in [-0.39, 0.29) is 0 Å². The molecule has 15 heavy (non-hydrogen) atoms. The Morgan fingerprint density at radius 2 is 1.87 bits per heavy atom. The van der Waals surface area contributed by atoms with Crippen LogP contribution in [0.5, 0.6) is 0 Å². The van der Waals surface area contributed by atoms with Crippen molar-refractivity contribution in [3.63, 3.8) is 0 Å². The maximum atomic E-state index is 6.44. The molecule has 0 aromatic rings. The molecular weight excluding hydrogens is 182 g/mol. The first kappa shape index (κ1) is 13.0. The van der Waals surface area contributed by atoms with Crippen molar-refractivity contribution < 1.29 is 0 Å². The van der Waals surface area contributed by atoms with Gasteiger partial charge in [0.2, 0.25) is 0 Å². The van der Waals surface area contributed by atoms with Crippen molar-refractivity contribution in [1.29, 1.82) is 0 Å². The number of rotatable bonds is 5. The molecule has 1 fully saturated rings. The average molecular weight is 211 g/mol. The van der Waals surface area contributed by atoms with Crippen molar-refractivity contribution in [2.75, 3.05) is 0 Å². The van der Waals surface area contributed by atoms with Crippen LogP contribution in [-0.4, -0.2) is 6.04 Å². The van der Waals surface area contributed by atoms with Crippen LogP contribution in [0.4, 0.5) is 0 Å². The molecule has 0 radical (unpaired) electrons. The Bertz CT molecular complexity index is 167. The first-order valence-electron chi connectivity index (χ1n) is 6.96. The van der Waals surface area contributed by atoms with Gasteiger partial charge in [-0.25, -0.2) is 0 Å². The quantitative estimate of drug-likeness (QED) is 0.731. The zero-order chi connectivity index (χ0) is 11.3. The largest absolute Gasteiger partial charge is 0.327 e. The second-order valence-electron chi connectivity index (χ2n) is 5.46. The summed E-state index contributed by atoms with van der Waals surface area (Å²) >= 11 is 0. The second-order valence-corrected chi connectivity index (χ2v) is 5.46. The molecule has 0 bridgehead atoms. The van der Waals surface area contributed by atoms with E-state index in [1.165, 1.54) is 44.9 Å². The molecule has 1 nitrogen and oxygen atoms in total. The Labute approximate surface area is 95.8 Å². The Kier molecular flexibility index (Phi) is 5.66. The molecule has 1 saturated carbocycles. The van der Waals surface area contributed by atoms with E-state index in [9.17, 15) is 0 Å². The second kappa shape index (κ2) is 6.52. The zero-order valence-electron chi connectivity index (χ0n) is 10.8. The van der Waals surface area contributed by atoms with Crippen molar-refractivity contribution in [3.8, 4) is 0 Å². The van der Waals surface area contributed by atoms with Gasteiger partial charge in [0.05, 0.1) is 0 Å². The first-order valence-corrected chi connectivity index (χ1v) is 6.96. The third kappa shape index (κ3) is 3.48. The maximum absolute atomic E-state index is 6.44. The highest BCUT2D eigenvalue weighted by atomic mass is 14.7. The SMILES string of the molecule is CCCC(C)C(N)C1CCCCC1CC. The lowest BCUT2D eigenvalue weighted by atomic mass is 9.71. The van der Waals surface area contributed by atoms with Gasteiger partial charge >= 0.3 is 0 Å². The van der Waals surface area contributed by atoms with E-state index < -0.39 is 0 Å². The number of nitrogens with two attached hydrogens (primary N) is 1. The minimum atomic E-state index is 0.454. The molecule has 4 unspecified atom stereocenters. The van der Waals surface area contributed by atoms with Crippen LogP contribution >= 0.6 is 0 Å². The molecule has 0 aliphatic heterocycles. The summed E-state index contributed by atoms with van der Waals surface area (Å²) < 4.78 is 0. The van der Waals surface area contributed by atoms with Crippen LogP contribution in [0.2, 0.25) is 0 Å². The molecule has 0 aromatic carbocycles. The van der Waals surface area contributed by atoms with Gasteiger partial charge < -0.3 is 5.73 Å². The molecule has 1 heteroatoms. The minimum absolute atomic E-state index is 0.454. The van der Waals surface area contributed by atoms with E-state index in [0.717, 1.165) is 11.8 Å². The Morgan fingerprint density at radius 3 is 2.47 bits per heavy atom. The van der Waals surface area contributed by atoms with Gasteiger partial charge in [0.15, 0.2) is 0 Å². The van der Waals surface area contributed by atoms with Crippen molar-refractivity contribution >= 4 is 0 Å². The van der Waals surface area contributed by atoms with E-state index >= 15 is 0 Å². The van der Waals surface area contributed by atoms with Crippen LogP contribution in [0, 0.1) is 17.8 Å². The molecule has 4 atom stereocenters. The highest BCUT2D eigenvalue weighted by molar-refractivity contribution is 4.85. The lowest BCUT2D eigenvalue weighted by Crippen LogP contribution is -2.41. The standard InChI is InChI=1S/C14H29N/c1-4-8-11(3)14(15)13-10-7-6-9-12(13)5-2/h11-14H,4-10,15H2,1-3H3. The van der Waals surface area contributed by atoms with Gasteiger partial charge in [0, 0.05) is 6.04 Å². The van der Waals surface area contributed by atoms with Crippen LogP contribution < -0.4 is 5.73 Å². The van der Waals surface area contributed by atoms with E-state index in [4.69, 9.17) is 5.73 Å². The molecular formula is C14H29N. The van der Waals surface area contributed by atoms with Gasteiger partial charge in [0.25, 0.3) is 0 Å². The fourth-order valence-corrected chi connectivity index (χ4v) is 3.32. The summed E-state index contributed by atoms with van der Waals surface area (Å²) in [6.45, 7) is 6.94. The summed E-state index contributed by atoms with van der Waals surface area (Å²) in [4.78, 5) is 0. The third-order valence-electron chi connectivity index (χ3n) is 4.39. The Morgan fingerprint density at radius 1 is 1.20 bits per heavy atom. The molecule has 1 aliphatic rings. The van der Waals surface area contributed by atoms with Crippen LogP contribution in [0.1, 0.15) is 65.7 Å². The molecule has 0 amide bonds. The molecule has 1 aliphatic carbocycles. The van der Waals surface area contributed by atoms with Gasteiger partial charge in [-0.2, -0.15) is 0 Å². The number of hydrogen-bond donors (Lipinski definition) is 1. The molecule has 0 aromatic heterocycles. The van der Waals surface area contributed by atoms with Gasteiger partial charge in [-0.1, -0.05) is 52.9 Å². The lowest BCUT2D eigenvalue weighted by molar-refractivity contribution is 0.162. The summed E-state index contributed by atoms with van der Waals surface area (Å²) in [6.07, 6.45) is 9.56. The lowest BCUT2D eigenvalue weighted by Gasteiger charge is -2.37. The van der Waals surface area contributed by atoms with Crippen LogP contribution in [0.15, 0.2) is 0 Å². The molecule has 0 heterocycles. The first-order chi connectivity index (χ1) is 7.20. The van der Waals surface area contributed by atoms with Crippen molar-refractivity contribution in [1.82, 2.24) is 0 Å². The highest BCUT2D eigenvalue weighted by Gasteiger charge is 2.30. The van der Waals surface area contributed by atoms with Crippen molar-refractivity contribution in [2.45, 2.75) is 71.8 Å². The predicted molar refractivity (Wildman–Crippen MR) is 67.8 cm³/mol. The summed E-state index contributed by atoms with van der Waals surface area (Å²) in [5.74, 6) is 2.44. The average Bonchev–Trinajstić information content (AvgIpc) is 2.28. The molecule has 2 N–H and O–H groups in total. The molecule has 0 saturated heterocycles. The molecule has 0 spiro atoms. The monoisotopic (exact) mass is 211 g/mol. The molecule has 1 rings (SSSR count). The van der Waals surface area contributed by atoms with E-state index in [1.807, 2.05) is 0 Å². The van der Waals surface area contributed by atoms with Crippen molar-refractivity contribution in [2.24, 2.45) is 23.5 Å². The summed E-state index contributed by atoms with van der Waals surface area (Å²) in [7, 11) is 0. The van der Waals surface area contributed by atoms with Crippen LogP contribution in [0.25, 0.3) is 0 Å². The van der Waals surface area contributed by atoms with Gasteiger partial charge in [0.1, 0.15) is 0 Å². The fourth-order valence-electron chi connectivity index (χ4n) is 3.32. The number of hydrogen-bond acceptors (Lipinski definition) is 1. The third-order valence-corrected chi connectivity index (χ3v) is 4.39. The Hall–Kier alpha value is -0.0400. The molecule has 90 valence electrons. The topological polar surface area (TPSA) is 26.0 Å². The summed E-state index contributed by atoms with van der Waals surface area (Å²) in [5.41, 5.74) is 6.44. The predicted octanol–water partition coefficient (Wildman–Crippen LogP) is 3.97. The van der Waals surface area contributed by atoms with Crippen LogP contribution in [0.3, 0.4) is 0 Å². The van der Waals surface area contributed by atoms with Crippen molar-refractivity contribution in [3.05, 3.63) is 0 Å². The van der Waals surface area contributed by atoms with Crippen LogP contribution in [-0.2, 0) is 0 Å². The van der Waals surface area contributed by atoms with E-state index in [0.29, 0.717) is 12.0 Å². The van der Waals surface area contributed by atoms with Gasteiger partial charge in [-0.3, -0.25) is 0 Å². The smallest absolute Gasteiger partial charge is 0.00956 e. The van der Waals surface area contributed by atoms with Gasteiger partial charge in [-0.05, 0) is 30.6 Å². The highest BCUT2D eigenvalue weighted by Crippen LogP contribution is 2.36. The maximum Gasteiger partial charge on any atom is 0.00956 e. The normalized spacial score (nSPS) is 31.2. The summed E-state index contributed by atoms with van der Waals surface area (Å²) in [5, 5.41) is 0.